The van der Waals surface area contributed by atoms with Crippen LogP contribution in [0.15, 0.2) is 71.7 Å². The number of nitro groups is 1. The van der Waals surface area contributed by atoms with Crippen molar-refractivity contribution in [3.05, 3.63) is 98.7 Å². The first-order valence-corrected chi connectivity index (χ1v) is 8.53. The van der Waals surface area contributed by atoms with E-state index in [0.717, 1.165) is 28.5 Å². The lowest BCUT2D eigenvalue weighted by atomic mass is 10.2. The summed E-state index contributed by atoms with van der Waals surface area (Å²) in [6.45, 7) is -0.151. The van der Waals surface area contributed by atoms with E-state index >= 15 is 0 Å². The highest BCUT2D eigenvalue weighted by Gasteiger charge is 2.11. The molecule has 148 valence electrons. The number of carbonyl (C=O) groups is 1. The van der Waals surface area contributed by atoms with Crippen LogP contribution < -0.4 is 15.6 Å². The number of benzene rings is 2. The van der Waals surface area contributed by atoms with Gasteiger partial charge in [-0.05, 0) is 29.8 Å². The first kappa shape index (κ1) is 19.7. The summed E-state index contributed by atoms with van der Waals surface area (Å²) in [4.78, 5) is 34.2. The lowest BCUT2D eigenvalue weighted by Crippen LogP contribution is -2.26. The minimum atomic E-state index is -0.643. The molecule has 2 aromatic carbocycles. The fourth-order valence-electron chi connectivity index (χ4n) is 2.52. The predicted molar refractivity (Wildman–Crippen MR) is 103 cm³/mol. The van der Waals surface area contributed by atoms with E-state index in [1.807, 2.05) is 0 Å². The third-order valence-electron chi connectivity index (χ3n) is 3.93. The van der Waals surface area contributed by atoms with Gasteiger partial charge >= 0.3 is 0 Å². The standard InChI is InChI=1S/C20H16FN3O5/c21-15-6-4-14(5-7-15)13-29-18-3-1-2-16(10-18)22-19(25)12-23-11-17(24(27)28)8-9-20(23)26/h1-11H,12-13H2,(H,22,25). The quantitative estimate of drug-likeness (QED) is 0.487. The molecule has 0 unspecified atom stereocenters. The molecule has 9 heteroatoms. The Bertz CT molecular complexity index is 1100. The second-order valence-electron chi connectivity index (χ2n) is 6.10. The molecule has 1 N–H and O–H groups in total. The summed E-state index contributed by atoms with van der Waals surface area (Å²) in [6, 6.07) is 14.6. The van der Waals surface area contributed by atoms with Crippen LogP contribution in [0.1, 0.15) is 5.56 Å². The van der Waals surface area contributed by atoms with Gasteiger partial charge in [0.15, 0.2) is 0 Å². The Morgan fingerprint density at radius 1 is 1.14 bits per heavy atom. The number of halogens is 1. The number of rotatable bonds is 7. The molecular formula is C20H16FN3O5. The van der Waals surface area contributed by atoms with Crippen molar-refractivity contribution in [3.63, 3.8) is 0 Å². The first-order valence-electron chi connectivity index (χ1n) is 8.53. The lowest BCUT2D eigenvalue weighted by molar-refractivity contribution is -0.385. The lowest BCUT2D eigenvalue weighted by Gasteiger charge is -2.10. The minimum absolute atomic E-state index is 0.223. The zero-order valence-corrected chi connectivity index (χ0v) is 15.1. The van der Waals surface area contributed by atoms with E-state index in [1.165, 1.54) is 12.1 Å². The molecule has 0 saturated carbocycles. The average Bonchev–Trinajstić information content (AvgIpc) is 2.69. The molecule has 0 radical (unpaired) electrons. The van der Waals surface area contributed by atoms with Crippen molar-refractivity contribution in [2.24, 2.45) is 0 Å². The minimum Gasteiger partial charge on any atom is -0.489 e. The van der Waals surface area contributed by atoms with Crippen LogP contribution >= 0.6 is 0 Å². The van der Waals surface area contributed by atoms with Gasteiger partial charge in [-0.3, -0.25) is 24.3 Å². The fourth-order valence-corrected chi connectivity index (χ4v) is 2.52. The Morgan fingerprint density at radius 2 is 1.90 bits per heavy atom. The smallest absolute Gasteiger partial charge is 0.285 e. The van der Waals surface area contributed by atoms with Crippen LogP contribution in [0.25, 0.3) is 0 Å². The summed E-state index contributed by atoms with van der Waals surface area (Å²) in [5.41, 5.74) is 0.409. The number of nitrogens with one attached hydrogen (secondary N) is 1. The van der Waals surface area contributed by atoms with Gasteiger partial charge in [-0.15, -0.1) is 0 Å². The third kappa shape index (κ3) is 5.48. The van der Waals surface area contributed by atoms with Crippen LogP contribution in [0.5, 0.6) is 5.75 Å². The van der Waals surface area contributed by atoms with Crippen LogP contribution in [0, 0.1) is 15.9 Å². The number of aromatic nitrogens is 1. The molecular weight excluding hydrogens is 381 g/mol. The van der Waals surface area contributed by atoms with Gasteiger partial charge in [-0.25, -0.2) is 4.39 Å². The Kier molecular flexibility index (Phi) is 5.98. The molecule has 29 heavy (non-hydrogen) atoms. The molecule has 3 aromatic rings. The molecule has 1 amide bonds. The fraction of sp³-hybridized carbons (Fsp3) is 0.100. The summed E-state index contributed by atoms with van der Waals surface area (Å²) in [6.07, 6.45) is 1.02. The molecule has 1 heterocycles. The SMILES string of the molecule is O=C(Cn1cc([N+](=O)[O-])ccc1=O)Nc1cccc(OCc2ccc(F)cc2)c1. The zero-order chi connectivity index (χ0) is 20.8. The second-order valence-corrected chi connectivity index (χ2v) is 6.10. The van der Waals surface area contributed by atoms with E-state index < -0.39 is 16.4 Å². The Balaban J connectivity index is 1.63. The summed E-state index contributed by atoms with van der Waals surface area (Å²) >= 11 is 0. The summed E-state index contributed by atoms with van der Waals surface area (Å²) in [7, 11) is 0. The van der Waals surface area contributed by atoms with Gasteiger partial charge in [0.1, 0.15) is 24.7 Å². The third-order valence-corrected chi connectivity index (χ3v) is 3.93. The Labute approximate surface area is 164 Å². The van der Waals surface area contributed by atoms with Crippen molar-refractivity contribution in [1.29, 1.82) is 0 Å². The van der Waals surface area contributed by atoms with Gasteiger partial charge in [0.2, 0.25) is 5.91 Å². The van der Waals surface area contributed by atoms with Crippen LogP contribution in [-0.4, -0.2) is 15.4 Å². The molecule has 8 nitrogen and oxygen atoms in total. The number of nitrogens with zero attached hydrogens (tertiary/aromatic N) is 2. The number of ether oxygens (including phenoxy) is 1. The van der Waals surface area contributed by atoms with E-state index in [1.54, 1.807) is 36.4 Å². The predicted octanol–water partition coefficient (Wildman–Crippen LogP) is 3.11. The molecule has 0 aliphatic rings. The normalized spacial score (nSPS) is 10.4. The van der Waals surface area contributed by atoms with Crippen LogP contribution in [0.2, 0.25) is 0 Å². The van der Waals surface area contributed by atoms with Crippen LogP contribution in [0.4, 0.5) is 15.8 Å². The van der Waals surface area contributed by atoms with Crippen molar-refractivity contribution in [3.8, 4) is 5.75 Å². The molecule has 0 fully saturated rings. The van der Waals surface area contributed by atoms with E-state index in [-0.39, 0.29) is 24.7 Å². The molecule has 0 aliphatic carbocycles. The maximum absolute atomic E-state index is 12.9. The van der Waals surface area contributed by atoms with Gasteiger partial charge < -0.3 is 10.1 Å². The highest BCUT2D eigenvalue weighted by atomic mass is 19.1. The van der Waals surface area contributed by atoms with Crippen LogP contribution in [-0.2, 0) is 17.9 Å². The van der Waals surface area contributed by atoms with Crippen molar-refractivity contribution < 1.29 is 18.8 Å². The average molecular weight is 397 g/mol. The maximum atomic E-state index is 12.9. The first-order chi connectivity index (χ1) is 13.9. The zero-order valence-electron chi connectivity index (χ0n) is 15.1. The highest BCUT2D eigenvalue weighted by molar-refractivity contribution is 5.90. The van der Waals surface area contributed by atoms with Gasteiger partial charge in [-0.1, -0.05) is 18.2 Å². The van der Waals surface area contributed by atoms with Crippen molar-refractivity contribution >= 4 is 17.3 Å². The Hall–Kier alpha value is -4.01. The topological polar surface area (TPSA) is 103 Å². The van der Waals surface area contributed by atoms with E-state index in [4.69, 9.17) is 4.74 Å². The van der Waals surface area contributed by atoms with Crippen molar-refractivity contribution in [1.82, 2.24) is 4.57 Å². The molecule has 0 bridgehead atoms. The molecule has 0 spiro atoms. The van der Waals surface area contributed by atoms with Crippen molar-refractivity contribution in [2.45, 2.75) is 13.2 Å². The number of pyridine rings is 1. The summed E-state index contributed by atoms with van der Waals surface area (Å²) in [5.74, 6) is -0.371. The molecule has 0 aliphatic heterocycles. The molecule has 1 aromatic heterocycles. The number of carbonyl (C=O) groups excluding carboxylic acids is 1. The number of amides is 1. The summed E-state index contributed by atoms with van der Waals surface area (Å²) < 4.78 is 19.5. The Morgan fingerprint density at radius 3 is 2.62 bits per heavy atom. The molecule has 0 saturated heterocycles. The van der Waals surface area contributed by atoms with E-state index in [9.17, 15) is 24.1 Å². The number of hydrogen-bond donors (Lipinski definition) is 1. The van der Waals surface area contributed by atoms with Gasteiger partial charge in [0.05, 0.1) is 11.1 Å². The molecule has 3 rings (SSSR count). The van der Waals surface area contributed by atoms with Crippen LogP contribution in [0.3, 0.4) is 0 Å². The second kappa shape index (κ2) is 8.79. The van der Waals surface area contributed by atoms with Gasteiger partial charge in [0.25, 0.3) is 11.2 Å². The van der Waals surface area contributed by atoms with Gasteiger partial charge in [-0.2, -0.15) is 0 Å². The van der Waals surface area contributed by atoms with Crippen molar-refractivity contribution in [2.75, 3.05) is 5.32 Å². The summed E-state index contributed by atoms with van der Waals surface area (Å²) in [5, 5.41) is 13.4. The number of hydrogen-bond acceptors (Lipinski definition) is 5. The van der Waals surface area contributed by atoms with E-state index in [2.05, 4.69) is 5.32 Å². The highest BCUT2D eigenvalue weighted by Crippen LogP contribution is 2.19. The van der Waals surface area contributed by atoms with E-state index in [0.29, 0.717) is 11.4 Å². The van der Waals surface area contributed by atoms with Gasteiger partial charge in [0, 0.05) is 23.9 Å². The maximum Gasteiger partial charge on any atom is 0.285 e. The number of anilines is 1. The molecule has 0 atom stereocenters. The largest absolute Gasteiger partial charge is 0.489 e. The monoisotopic (exact) mass is 397 g/mol.